The Balaban J connectivity index is 1.98. The topological polar surface area (TPSA) is 58.6 Å². The van der Waals surface area contributed by atoms with Gasteiger partial charge in [-0.25, -0.2) is 0 Å². The molecule has 0 aliphatic carbocycles. The fraction of sp³-hybridized carbons (Fsp3) is 0.190. The maximum atomic E-state index is 13.1. The first kappa shape index (κ1) is 20.0. The van der Waals surface area contributed by atoms with Crippen LogP contribution < -0.4 is 15.0 Å². The summed E-state index contributed by atoms with van der Waals surface area (Å²) < 4.78 is 5.41. The van der Waals surface area contributed by atoms with Crippen LogP contribution in [0.15, 0.2) is 42.0 Å². The number of carbonyl (C=O) groups is 2. The molecule has 144 valence electrons. The van der Waals surface area contributed by atoms with Gasteiger partial charge in [-0.05, 0) is 80.0 Å². The number of nitrogens with one attached hydrogen (secondary N) is 1. The maximum absolute atomic E-state index is 13.1. The number of benzene rings is 2. The fourth-order valence-electron chi connectivity index (χ4n) is 2.80. The summed E-state index contributed by atoms with van der Waals surface area (Å²) in [5.41, 5.74) is 3.32. The van der Waals surface area contributed by atoms with Crippen LogP contribution in [0.1, 0.15) is 23.6 Å². The van der Waals surface area contributed by atoms with Crippen LogP contribution in [0.5, 0.6) is 5.75 Å². The van der Waals surface area contributed by atoms with E-state index >= 15 is 0 Å². The molecule has 0 radical (unpaired) electrons. The molecule has 1 N–H and O–H groups in total. The van der Waals surface area contributed by atoms with E-state index in [1.807, 2.05) is 32.9 Å². The highest BCUT2D eigenvalue weighted by Crippen LogP contribution is 2.28. The Labute approximate surface area is 173 Å². The number of halogens is 1. The van der Waals surface area contributed by atoms with Crippen molar-refractivity contribution in [1.29, 1.82) is 0 Å². The number of ether oxygens (including phenoxy) is 1. The molecule has 2 amide bonds. The molecule has 1 fully saturated rings. The number of amides is 2. The second kappa shape index (κ2) is 8.12. The fourth-order valence-corrected chi connectivity index (χ4v) is 3.33. The largest absolute Gasteiger partial charge is 0.492 e. The van der Waals surface area contributed by atoms with E-state index in [9.17, 15) is 9.59 Å². The van der Waals surface area contributed by atoms with E-state index in [-0.39, 0.29) is 10.7 Å². The zero-order valence-corrected chi connectivity index (χ0v) is 17.3. The predicted octanol–water partition coefficient (Wildman–Crippen LogP) is 4.19. The molecule has 7 heteroatoms. The molecule has 1 saturated heterocycles. The first-order chi connectivity index (χ1) is 13.3. The van der Waals surface area contributed by atoms with Gasteiger partial charge in [0.2, 0.25) is 0 Å². The van der Waals surface area contributed by atoms with Crippen LogP contribution in [0.25, 0.3) is 6.08 Å². The van der Waals surface area contributed by atoms with Gasteiger partial charge in [0.15, 0.2) is 5.11 Å². The van der Waals surface area contributed by atoms with Gasteiger partial charge in [0.1, 0.15) is 11.3 Å². The monoisotopic (exact) mass is 414 g/mol. The highest BCUT2D eigenvalue weighted by molar-refractivity contribution is 7.80. The maximum Gasteiger partial charge on any atom is 0.270 e. The zero-order valence-electron chi connectivity index (χ0n) is 15.7. The minimum atomic E-state index is -0.542. The second-order valence-corrected chi connectivity index (χ2v) is 7.14. The lowest BCUT2D eigenvalue weighted by Crippen LogP contribution is -2.54. The summed E-state index contributed by atoms with van der Waals surface area (Å²) in [6.45, 7) is 6.29. The standard InChI is InChI=1S/C21H19ClN2O3S/c1-4-27-18-8-6-14(11-17(18)22)10-16-19(25)23-21(28)24(20(16)26)15-7-5-12(2)13(3)9-15/h5-11H,4H2,1-3H3,(H,23,25,28)/b16-10+. The van der Waals surface area contributed by atoms with E-state index in [2.05, 4.69) is 5.32 Å². The van der Waals surface area contributed by atoms with Crippen LogP contribution in [0, 0.1) is 13.8 Å². The number of rotatable bonds is 4. The summed E-state index contributed by atoms with van der Waals surface area (Å²) in [6.07, 6.45) is 1.50. The normalized spacial score (nSPS) is 15.8. The van der Waals surface area contributed by atoms with Gasteiger partial charge >= 0.3 is 0 Å². The second-order valence-electron chi connectivity index (χ2n) is 6.35. The number of hydrogen-bond donors (Lipinski definition) is 1. The number of carbonyl (C=O) groups excluding carboxylic acids is 2. The molecular weight excluding hydrogens is 396 g/mol. The van der Waals surface area contributed by atoms with Gasteiger partial charge in [0.25, 0.3) is 11.8 Å². The molecule has 0 aromatic heterocycles. The lowest BCUT2D eigenvalue weighted by molar-refractivity contribution is -0.122. The van der Waals surface area contributed by atoms with Gasteiger partial charge in [-0.15, -0.1) is 0 Å². The molecule has 3 rings (SSSR count). The molecule has 0 atom stereocenters. The van der Waals surface area contributed by atoms with E-state index in [4.69, 9.17) is 28.6 Å². The average Bonchev–Trinajstić information content (AvgIpc) is 2.63. The minimum Gasteiger partial charge on any atom is -0.492 e. The van der Waals surface area contributed by atoms with Crippen LogP contribution in [-0.2, 0) is 9.59 Å². The summed E-state index contributed by atoms with van der Waals surface area (Å²) in [7, 11) is 0. The van der Waals surface area contributed by atoms with Crippen molar-refractivity contribution < 1.29 is 14.3 Å². The van der Waals surface area contributed by atoms with Crippen molar-refractivity contribution in [3.8, 4) is 5.75 Å². The Morgan fingerprint density at radius 1 is 1.14 bits per heavy atom. The van der Waals surface area contributed by atoms with Crippen molar-refractivity contribution in [2.45, 2.75) is 20.8 Å². The summed E-state index contributed by atoms with van der Waals surface area (Å²) >= 11 is 11.4. The lowest BCUT2D eigenvalue weighted by Gasteiger charge is -2.29. The molecule has 28 heavy (non-hydrogen) atoms. The first-order valence-electron chi connectivity index (χ1n) is 8.73. The third-order valence-corrected chi connectivity index (χ3v) is 5.00. The third-order valence-electron chi connectivity index (χ3n) is 4.42. The van der Waals surface area contributed by atoms with Crippen molar-refractivity contribution >= 4 is 52.5 Å². The number of aryl methyl sites for hydroxylation is 2. The smallest absolute Gasteiger partial charge is 0.270 e. The molecule has 5 nitrogen and oxygen atoms in total. The molecule has 2 aromatic rings. The molecule has 1 heterocycles. The first-order valence-corrected chi connectivity index (χ1v) is 9.51. The number of anilines is 1. The van der Waals surface area contributed by atoms with Gasteiger partial charge in [-0.2, -0.15) is 0 Å². The Morgan fingerprint density at radius 3 is 2.54 bits per heavy atom. The van der Waals surface area contributed by atoms with E-state index < -0.39 is 11.8 Å². The van der Waals surface area contributed by atoms with Gasteiger partial charge in [0, 0.05) is 0 Å². The Morgan fingerprint density at radius 2 is 1.89 bits per heavy atom. The molecule has 1 aliphatic rings. The minimum absolute atomic E-state index is 0.0212. The van der Waals surface area contributed by atoms with E-state index in [0.717, 1.165) is 11.1 Å². The molecular formula is C21H19ClN2O3S. The van der Waals surface area contributed by atoms with Crippen molar-refractivity contribution in [2.24, 2.45) is 0 Å². The van der Waals surface area contributed by atoms with Crippen molar-refractivity contribution in [1.82, 2.24) is 5.32 Å². The van der Waals surface area contributed by atoms with Crippen molar-refractivity contribution in [3.63, 3.8) is 0 Å². The number of thiocarbonyl (C=S) groups is 1. The Bertz CT molecular complexity index is 1020. The van der Waals surface area contributed by atoms with Crippen LogP contribution in [0.3, 0.4) is 0 Å². The van der Waals surface area contributed by atoms with Gasteiger partial charge in [-0.1, -0.05) is 23.7 Å². The van der Waals surface area contributed by atoms with E-state index in [0.29, 0.717) is 28.6 Å². The van der Waals surface area contributed by atoms with E-state index in [1.54, 1.807) is 24.3 Å². The van der Waals surface area contributed by atoms with Crippen LogP contribution >= 0.6 is 23.8 Å². The molecule has 0 spiro atoms. The molecule has 2 aromatic carbocycles. The summed E-state index contributed by atoms with van der Waals surface area (Å²) in [5, 5.41) is 3.04. The molecule has 0 saturated carbocycles. The molecule has 0 unspecified atom stereocenters. The Kier molecular flexibility index (Phi) is 5.82. The van der Waals surface area contributed by atoms with Crippen LogP contribution in [-0.4, -0.2) is 23.5 Å². The predicted molar refractivity (Wildman–Crippen MR) is 115 cm³/mol. The molecule has 1 aliphatic heterocycles. The number of nitrogens with zero attached hydrogens (tertiary/aromatic N) is 1. The number of hydrogen-bond acceptors (Lipinski definition) is 4. The SMILES string of the molecule is CCOc1ccc(/C=C2\C(=O)NC(=S)N(c3ccc(C)c(C)c3)C2=O)cc1Cl. The summed E-state index contributed by atoms with van der Waals surface area (Å²) in [5.74, 6) is -0.481. The van der Waals surface area contributed by atoms with Gasteiger partial charge in [0.05, 0.1) is 17.3 Å². The zero-order chi connectivity index (χ0) is 20.4. The van der Waals surface area contributed by atoms with Crippen LogP contribution in [0.4, 0.5) is 5.69 Å². The Hall–Kier alpha value is -2.70. The van der Waals surface area contributed by atoms with Crippen molar-refractivity contribution in [3.05, 3.63) is 63.7 Å². The van der Waals surface area contributed by atoms with Gasteiger partial charge < -0.3 is 4.74 Å². The third kappa shape index (κ3) is 3.93. The summed E-state index contributed by atoms with van der Waals surface area (Å²) in [6, 6.07) is 10.7. The average molecular weight is 415 g/mol. The quantitative estimate of drug-likeness (QED) is 0.463. The highest BCUT2D eigenvalue weighted by atomic mass is 35.5. The lowest BCUT2D eigenvalue weighted by atomic mass is 10.1. The van der Waals surface area contributed by atoms with Crippen LogP contribution in [0.2, 0.25) is 5.02 Å². The highest BCUT2D eigenvalue weighted by Gasteiger charge is 2.34. The summed E-state index contributed by atoms with van der Waals surface area (Å²) in [4.78, 5) is 26.8. The van der Waals surface area contributed by atoms with Crippen molar-refractivity contribution in [2.75, 3.05) is 11.5 Å². The molecule has 0 bridgehead atoms. The van der Waals surface area contributed by atoms with Gasteiger partial charge in [-0.3, -0.25) is 19.8 Å². The van der Waals surface area contributed by atoms with E-state index in [1.165, 1.54) is 11.0 Å².